The molecule has 4 aliphatic carbocycles. The van der Waals surface area contributed by atoms with Gasteiger partial charge in [-0.05, 0) is 63.5 Å². The minimum absolute atomic E-state index is 0.0839. The highest BCUT2D eigenvalue weighted by molar-refractivity contribution is 6.38. The van der Waals surface area contributed by atoms with E-state index in [4.69, 9.17) is 32.5 Å². The Bertz CT molecular complexity index is 1670. The molecule has 0 unspecified atom stereocenters. The molecule has 2 N–H and O–H groups in total. The van der Waals surface area contributed by atoms with Crippen LogP contribution in [0.3, 0.4) is 0 Å². The molecule has 0 radical (unpaired) electrons. The number of hydrogen-bond donors (Lipinski definition) is 2. The molecule has 8 nitrogen and oxygen atoms in total. The van der Waals surface area contributed by atoms with Crippen LogP contribution >= 0.6 is 23.2 Å². The number of hydrogen-bond acceptors (Lipinski definition) is 6. The van der Waals surface area contributed by atoms with Gasteiger partial charge in [0.05, 0.1) is 39.5 Å². The van der Waals surface area contributed by atoms with Gasteiger partial charge >= 0.3 is 5.97 Å². The Balaban J connectivity index is 1.09. The SMILES string of the molecule is O=C(O)c1cc(C#CC23CCC(OCc4c(-c5c(Cl)cncc5Cl)noc4C4CC4)(CC2)CC3)cc2cn[nH]c12. The highest BCUT2D eigenvalue weighted by Crippen LogP contribution is 2.54. The zero-order valence-corrected chi connectivity index (χ0v) is 23.1. The Kier molecular flexibility index (Phi) is 6.15. The van der Waals surface area contributed by atoms with Crippen LogP contribution in [-0.4, -0.2) is 37.0 Å². The maximum absolute atomic E-state index is 11.7. The molecule has 0 saturated heterocycles. The number of nitrogens with one attached hydrogen (secondary N) is 1. The fraction of sp³-hybridized carbons (Fsp3) is 0.400. The van der Waals surface area contributed by atoms with Gasteiger partial charge in [-0.1, -0.05) is 40.2 Å². The third-order valence-electron chi connectivity index (χ3n) is 8.81. The van der Waals surface area contributed by atoms with Gasteiger partial charge in [0.25, 0.3) is 0 Å². The smallest absolute Gasteiger partial charge is 0.337 e. The van der Waals surface area contributed by atoms with E-state index in [2.05, 4.69) is 32.2 Å². The first kappa shape index (κ1) is 25.6. The summed E-state index contributed by atoms with van der Waals surface area (Å²) in [6.45, 7) is 0.390. The number of benzene rings is 1. The monoisotopic (exact) mass is 576 g/mol. The van der Waals surface area contributed by atoms with E-state index in [-0.39, 0.29) is 16.6 Å². The molecular weight excluding hydrogens is 551 g/mol. The van der Waals surface area contributed by atoms with Crippen LogP contribution < -0.4 is 0 Å². The topological polar surface area (TPSA) is 114 Å². The number of carboxylic acid groups (broad SMARTS) is 1. The van der Waals surface area contributed by atoms with Crippen molar-refractivity contribution < 1.29 is 19.2 Å². The van der Waals surface area contributed by atoms with E-state index in [9.17, 15) is 9.90 Å². The predicted octanol–water partition coefficient (Wildman–Crippen LogP) is 7.16. The van der Waals surface area contributed by atoms with Crippen molar-refractivity contribution >= 4 is 40.1 Å². The molecule has 0 aliphatic heterocycles. The third-order valence-corrected chi connectivity index (χ3v) is 9.38. The summed E-state index contributed by atoms with van der Waals surface area (Å²) in [5, 5.41) is 22.4. The zero-order valence-electron chi connectivity index (χ0n) is 21.6. The number of aromatic amines is 1. The Labute approximate surface area is 240 Å². The normalized spacial score (nSPS) is 23.8. The Morgan fingerprint density at radius 2 is 1.82 bits per heavy atom. The second-order valence-electron chi connectivity index (χ2n) is 11.3. The number of nitrogens with zero attached hydrogens (tertiary/aromatic N) is 3. The van der Waals surface area contributed by atoms with E-state index in [1.54, 1.807) is 24.7 Å². The van der Waals surface area contributed by atoms with Crippen LogP contribution in [0.5, 0.6) is 0 Å². The van der Waals surface area contributed by atoms with E-state index < -0.39 is 5.97 Å². The number of carboxylic acids is 1. The second-order valence-corrected chi connectivity index (χ2v) is 12.1. The zero-order chi connectivity index (χ0) is 27.5. The second kappa shape index (κ2) is 9.62. The lowest BCUT2D eigenvalue weighted by molar-refractivity contribution is -0.131. The first-order valence-electron chi connectivity index (χ1n) is 13.5. The molecule has 40 heavy (non-hydrogen) atoms. The van der Waals surface area contributed by atoms with Gasteiger partial charge in [-0.25, -0.2) is 4.79 Å². The number of halogens is 2. The van der Waals surface area contributed by atoms with Crippen LogP contribution in [0.25, 0.3) is 22.2 Å². The molecule has 4 saturated carbocycles. The fourth-order valence-corrected chi connectivity index (χ4v) is 6.79. The van der Waals surface area contributed by atoms with E-state index in [0.29, 0.717) is 44.9 Å². The first-order chi connectivity index (χ1) is 19.4. The van der Waals surface area contributed by atoms with Crippen molar-refractivity contribution in [3.63, 3.8) is 0 Å². The molecule has 8 rings (SSSR count). The highest BCUT2D eigenvalue weighted by atomic mass is 35.5. The largest absolute Gasteiger partial charge is 0.478 e. The lowest BCUT2D eigenvalue weighted by atomic mass is 9.59. The van der Waals surface area contributed by atoms with Gasteiger partial charge in [0.15, 0.2) is 0 Å². The average molecular weight is 577 g/mol. The van der Waals surface area contributed by atoms with Gasteiger partial charge < -0.3 is 14.4 Å². The summed E-state index contributed by atoms with van der Waals surface area (Å²) in [6, 6.07) is 3.52. The van der Waals surface area contributed by atoms with E-state index in [0.717, 1.165) is 68.1 Å². The molecule has 0 spiro atoms. The number of fused-ring (bicyclic) bond motifs is 4. The van der Waals surface area contributed by atoms with Crippen LogP contribution in [0.2, 0.25) is 10.0 Å². The van der Waals surface area contributed by atoms with Crippen molar-refractivity contribution in [3.05, 3.63) is 63.2 Å². The molecule has 0 amide bonds. The van der Waals surface area contributed by atoms with Crippen LogP contribution in [0.15, 0.2) is 35.2 Å². The molecule has 0 atom stereocenters. The number of aromatic nitrogens is 4. The van der Waals surface area contributed by atoms with Gasteiger partial charge in [-0.3, -0.25) is 10.1 Å². The molecule has 204 valence electrons. The highest BCUT2D eigenvalue weighted by Gasteiger charge is 2.49. The molecule has 2 bridgehead atoms. The van der Waals surface area contributed by atoms with E-state index >= 15 is 0 Å². The molecule has 4 aromatic rings. The summed E-state index contributed by atoms with van der Waals surface area (Å²) >= 11 is 12.9. The summed E-state index contributed by atoms with van der Waals surface area (Å²) in [5.74, 6) is 7.06. The molecular formula is C30H26Cl2N4O4. The number of aromatic carboxylic acids is 1. The summed E-state index contributed by atoms with van der Waals surface area (Å²) in [6.07, 6.45) is 12.5. The van der Waals surface area contributed by atoms with Gasteiger partial charge in [-0.2, -0.15) is 5.10 Å². The quantitative estimate of drug-likeness (QED) is 0.234. The van der Waals surface area contributed by atoms with Crippen molar-refractivity contribution in [2.24, 2.45) is 5.41 Å². The summed E-state index contributed by atoms with van der Waals surface area (Å²) in [4.78, 5) is 15.8. The molecule has 4 fully saturated rings. The number of H-pyrrole nitrogens is 1. The maximum Gasteiger partial charge on any atom is 0.337 e. The maximum atomic E-state index is 11.7. The first-order valence-corrected chi connectivity index (χ1v) is 14.3. The van der Waals surface area contributed by atoms with Crippen LogP contribution in [0.1, 0.15) is 84.5 Å². The van der Waals surface area contributed by atoms with Gasteiger partial charge in [0.1, 0.15) is 11.5 Å². The number of carbonyl (C=O) groups is 1. The standard InChI is InChI=1S/C30H26Cl2N4O4/c31-22-14-33-15-23(32)24(22)26-21(27(40-36-26)18-1-2-18)16-39-30-8-5-29(6-9-30,7-10-30)4-3-17-11-19-13-34-35-25(19)20(12-17)28(37)38/h11-15,18H,1-2,5-10,16H2,(H,34,35)(H,37,38). The van der Waals surface area contributed by atoms with Crippen molar-refractivity contribution in [2.45, 2.75) is 69.5 Å². The lowest BCUT2D eigenvalue weighted by Crippen LogP contribution is -2.47. The number of rotatable bonds is 6. The Hall–Kier alpha value is -3.38. The van der Waals surface area contributed by atoms with E-state index in [1.165, 1.54) is 0 Å². The minimum Gasteiger partial charge on any atom is -0.478 e. The van der Waals surface area contributed by atoms with Crippen molar-refractivity contribution in [1.29, 1.82) is 0 Å². The Morgan fingerprint density at radius 1 is 1.10 bits per heavy atom. The fourth-order valence-electron chi connectivity index (χ4n) is 6.25. The van der Waals surface area contributed by atoms with E-state index in [1.807, 2.05) is 6.07 Å². The van der Waals surface area contributed by atoms with Crippen LogP contribution in [-0.2, 0) is 11.3 Å². The van der Waals surface area contributed by atoms with Crippen molar-refractivity contribution in [3.8, 4) is 23.1 Å². The summed E-state index contributed by atoms with van der Waals surface area (Å²) in [7, 11) is 0. The average Bonchev–Trinajstić information content (AvgIpc) is 3.54. The molecule has 1 aromatic carbocycles. The minimum atomic E-state index is -0.998. The van der Waals surface area contributed by atoms with Crippen LogP contribution in [0.4, 0.5) is 0 Å². The third kappa shape index (κ3) is 4.46. The Morgan fingerprint density at radius 3 is 2.50 bits per heavy atom. The summed E-state index contributed by atoms with van der Waals surface area (Å²) in [5.41, 5.74) is 3.30. The van der Waals surface area contributed by atoms with Crippen molar-refractivity contribution in [1.82, 2.24) is 20.3 Å². The number of pyridine rings is 1. The van der Waals surface area contributed by atoms with Crippen LogP contribution in [0, 0.1) is 17.3 Å². The number of ether oxygens (including phenoxy) is 1. The van der Waals surface area contributed by atoms with Gasteiger partial charge in [-0.15, -0.1) is 0 Å². The molecule has 4 aliphatic rings. The van der Waals surface area contributed by atoms with Gasteiger partial charge in [0, 0.05) is 45.8 Å². The summed E-state index contributed by atoms with van der Waals surface area (Å²) < 4.78 is 12.5. The van der Waals surface area contributed by atoms with Crippen molar-refractivity contribution in [2.75, 3.05) is 0 Å². The molecule has 3 heterocycles. The molecule has 3 aromatic heterocycles. The molecule has 10 heteroatoms. The van der Waals surface area contributed by atoms with Gasteiger partial charge in [0.2, 0.25) is 0 Å². The predicted molar refractivity (Wildman–Crippen MR) is 149 cm³/mol. The lowest BCUT2D eigenvalue weighted by Gasteiger charge is -2.51.